The number of nitrogens with one attached hydrogen (secondary N) is 2. The largest absolute Gasteiger partial charge is 0.379 e. The molecule has 2 aromatic rings. The van der Waals surface area contributed by atoms with Crippen LogP contribution in [0.3, 0.4) is 0 Å². The van der Waals surface area contributed by atoms with E-state index in [1.807, 2.05) is 26.0 Å². The van der Waals surface area contributed by atoms with E-state index in [4.69, 9.17) is 4.74 Å². The molecule has 0 aromatic heterocycles. The molecule has 1 heterocycles. The topological polar surface area (TPSA) is 124 Å². The molecule has 3 rings (SSSR count). The molecule has 0 radical (unpaired) electrons. The zero-order valence-corrected chi connectivity index (χ0v) is 18.1. The Kier molecular flexibility index (Phi) is 7.02. The Hall–Kier alpha value is -3.26. The lowest BCUT2D eigenvalue weighted by molar-refractivity contribution is -0.110. The third-order valence-corrected chi connectivity index (χ3v) is 6.62. The first-order valence-corrected chi connectivity index (χ1v) is 11.1. The van der Waals surface area contributed by atoms with Crippen molar-refractivity contribution in [2.45, 2.75) is 18.7 Å². The number of hydrazone groups is 1. The van der Waals surface area contributed by atoms with Crippen LogP contribution in [0.4, 0.5) is 11.4 Å². The summed E-state index contributed by atoms with van der Waals surface area (Å²) in [5.74, 6) is -0.645. The number of ether oxygens (including phenoxy) is 1. The number of carbonyl (C=O) groups excluding carboxylic acids is 1. The van der Waals surface area contributed by atoms with Gasteiger partial charge in [0.25, 0.3) is 5.91 Å². The van der Waals surface area contributed by atoms with Crippen molar-refractivity contribution in [3.05, 3.63) is 53.6 Å². The third kappa shape index (κ3) is 5.46. The minimum Gasteiger partial charge on any atom is -0.379 e. The van der Waals surface area contributed by atoms with Crippen LogP contribution < -0.4 is 10.7 Å². The lowest BCUT2D eigenvalue weighted by Gasteiger charge is -2.26. The molecule has 0 unspecified atom stereocenters. The Morgan fingerprint density at radius 3 is 2.42 bits per heavy atom. The number of amides is 1. The molecular weight excluding hydrogens is 418 g/mol. The monoisotopic (exact) mass is 441 g/mol. The molecule has 0 bridgehead atoms. The SMILES string of the molecule is Cc1ccc(NC(=O)/C(C#N)=N/Nc2ccc(S(=O)(=O)N3CCOCC3)cc2)c(C)c1. The van der Waals surface area contributed by atoms with Gasteiger partial charge in [-0.1, -0.05) is 17.7 Å². The number of sulfonamides is 1. The van der Waals surface area contributed by atoms with Gasteiger partial charge in [0.05, 0.1) is 23.8 Å². The van der Waals surface area contributed by atoms with Gasteiger partial charge in [0, 0.05) is 18.8 Å². The number of benzene rings is 2. The van der Waals surface area contributed by atoms with Gasteiger partial charge in [0.1, 0.15) is 6.07 Å². The highest BCUT2D eigenvalue weighted by atomic mass is 32.2. The molecule has 2 N–H and O–H groups in total. The maximum Gasteiger partial charge on any atom is 0.287 e. The van der Waals surface area contributed by atoms with Gasteiger partial charge in [0.15, 0.2) is 0 Å². The van der Waals surface area contributed by atoms with E-state index in [1.165, 1.54) is 28.6 Å². The van der Waals surface area contributed by atoms with E-state index in [0.717, 1.165) is 11.1 Å². The van der Waals surface area contributed by atoms with Crippen molar-refractivity contribution in [2.24, 2.45) is 5.10 Å². The maximum absolute atomic E-state index is 12.6. The van der Waals surface area contributed by atoms with Gasteiger partial charge in [-0.05, 0) is 49.7 Å². The summed E-state index contributed by atoms with van der Waals surface area (Å²) in [6, 6.07) is 13.2. The summed E-state index contributed by atoms with van der Waals surface area (Å²) in [5, 5.41) is 15.8. The molecular formula is C21H23N5O4S. The quantitative estimate of drug-likeness (QED) is 0.523. The molecule has 31 heavy (non-hydrogen) atoms. The second-order valence-electron chi connectivity index (χ2n) is 7.00. The second kappa shape index (κ2) is 9.70. The van der Waals surface area contributed by atoms with Crippen LogP contribution in [-0.4, -0.2) is 50.6 Å². The normalized spacial score (nSPS) is 15.2. The molecule has 0 saturated carbocycles. The number of rotatable bonds is 6. The van der Waals surface area contributed by atoms with Gasteiger partial charge >= 0.3 is 0 Å². The molecule has 0 spiro atoms. The Morgan fingerprint density at radius 2 is 1.81 bits per heavy atom. The van der Waals surface area contributed by atoms with Crippen molar-refractivity contribution in [1.29, 1.82) is 5.26 Å². The molecule has 1 aliphatic rings. The van der Waals surface area contributed by atoms with Crippen LogP contribution in [0.25, 0.3) is 0 Å². The van der Waals surface area contributed by atoms with Crippen LogP contribution in [-0.2, 0) is 19.6 Å². The number of hydrogen-bond donors (Lipinski definition) is 2. The Labute approximate surface area is 181 Å². The average molecular weight is 442 g/mol. The van der Waals surface area contributed by atoms with E-state index in [0.29, 0.717) is 37.7 Å². The third-order valence-electron chi connectivity index (χ3n) is 4.71. The first-order valence-electron chi connectivity index (χ1n) is 9.61. The summed E-state index contributed by atoms with van der Waals surface area (Å²) >= 11 is 0. The first-order chi connectivity index (χ1) is 14.8. The minimum absolute atomic E-state index is 0.150. The molecule has 2 aromatic carbocycles. The van der Waals surface area contributed by atoms with Gasteiger partial charge in [-0.3, -0.25) is 10.2 Å². The standard InChI is InChI=1S/C21H23N5O4S/c1-15-3-8-19(16(2)13-15)23-21(27)20(14-22)25-24-17-4-6-18(7-5-17)31(28,29)26-9-11-30-12-10-26/h3-8,13,24H,9-12H2,1-2H3,(H,23,27)/b25-20+. The van der Waals surface area contributed by atoms with E-state index < -0.39 is 15.9 Å². The zero-order chi connectivity index (χ0) is 22.4. The highest BCUT2D eigenvalue weighted by molar-refractivity contribution is 7.89. The van der Waals surface area contributed by atoms with Crippen LogP contribution in [0.15, 0.2) is 52.5 Å². The van der Waals surface area contributed by atoms with E-state index >= 15 is 0 Å². The molecule has 1 fully saturated rings. The van der Waals surface area contributed by atoms with Crippen LogP contribution in [0.2, 0.25) is 0 Å². The Balaban J connectivity index is 1.68. The van der Waals surface area contributed by atoms with E-state index in [1.54, 1.807) is 12.1 Å². The summed E-state index contributed by atoms with van der Waals surface area (Å²) in [4.78, 5) is 12.5. The fraction of sp³-hybridized carbons (Fsp3) is 0.286. The zero-order valence-electron chi connectivity index (χ0n) is 17.3. The number of morpholine rings is 1. The molecule has 1 saturated heterocycles. The number of aryl methyl sites for hydroxylation is 2. The molecule has 0 aliphatic carbocycles. The molecule has 9 nitrogen and oxygen atoms in total. The van der Waals surface area contributed by atoms with Crippen molar-refractivity contribution >= 4 is 33.0 Å². The number of nitriles is 1. The number of nitrogens with zero attached hydrogens (tertiary/aromatic N) is 3. The summed E-state index contributed by atoms with van der Waals surface area (Å²) in [6.45, 7) is 5.17. The highest BCUT2D eigenvalue weighted by Gasteiger charge is 2.26. The summed E-state index contributed by atoms with van der Waals surface area (Å²) < 4.78 is 31.9. The average Bonchev–Trinajstić information content (AvgIpc) is 2.77. The number of carbonyl (C=O) groups is 1. The van der Waals surface area contributed by atoms with Gasteiger partial charge in [-0.2, -0.15) is 14.7 Å². The Bertz CT molecular complexity index is 1130. The van der Waals surface area contributed by atoms with Gasteiger partial charge < -0.3 is 10.1 Å². The highest BCUT2D eigenvalue weighted by Crippen LogP contribution is 2.20. The lowest BCUT2D eigenvalue weighted by atomic mass is 10.1. The van der Waals surface area contributed by atoms with Gasteiger partial charge in [0.2, 0.25) is 15.7 Å². The van der Waals surface area contributed by atoms with Crippen molar-refractivity contribution in [1.82, 2.24) is 4.31 Å². The molecule has 162 valence electrons. The van der Waals surface area contributed by atoms with Crippen molar-refractivity contribution in [2.75, 3.05) is 37.0 Å². The fourth-order valence-electron chi connectivity index (χ4n) is 3.02. The second-order valence-corrected chi connectivity index (χ2v) is 8.94. The van der Waals surface area contributed by atoms with Crippen LogP contribution in [0.5, 0.6) is 0 Å². The van der Waals surface area contributed by atoms with Crippen molar-refractivity contribution in [3.8, 4) is 6.07 Å². The van der Waals surface area contributed by atoms with E-state index in [9.17, 15) is 18.5 Å². The first kappa shape index (κ1) is 22.4. The predicted molar refractivity (Wildman–Crippen MR) is 117 cm³/mol. The fourth-order valence-corrected chi connectivity index (χ4v) is 4.43. The Morgan fingerprint density at radius 1 is 1.13 bits per heavy atom. The van der Waals surface area contributed by atoms with Gasteiger partial charge in [-0.25, -0.2) is 8.42 Å². The molecule has 0 atom stereocenters. The maximum atomic E-state index is 12.6. The van der Waals surface area contributed by atoms with Crippen LogP contribution >= 0.6 is 0 Å². The summed E-state index contributed by atoms with van der Waals surface area (Å²) in [6.07, 6.45) is 0. The van der Waals surface area contributed by atoms with Crippen molar-refractivity contribution in [3.63, 3.8) is 0 Å². The number of hydrogen-bond acceptors (Lipinski definition) is 7. The van der Waals surface area contributed by atoms with Crippen LogP contribution in [0, 0.1) is 25.2 Å². The van der Waals surface area contributed by atoms with Gasteiger partial charge in [-0.15, -0.1) is 0 Å². The van der Waals surface area contributed by atoms with E-state index in [2.05, 4.69) is 15.8 Å². The van der Waals surface area contributed by atoms with Crippen molar-refractivity contribution < 1.29 is 17.9 Å². The van der Waals surface area contributed by atoms with E-state index in [-0.39, 0.29) is 10.6 Å². The summed E-state index contributed by atoms with van der Waals surface area (Å²) in [5.41, 5.74) is 5.23. The van der Waals surface area contributed by atoms with Crippen LogP contribution in [0.1, 0.15) is 11.1 Å². The summed E-state index contributed by atoms with van der Waals surface area (Å²) in [7, 11) is -3.60. The smallest absolute Gasteiger partial charge is 0.287 e. The predicted octanol–water partition coefficient (Wildman–Crippen LogP) is 2.25. The molecule has 1 amide bonds. The molecule has 10 heteroatoms. The number of anilines is 2. The lowest BCUT2D eigenvalue weighted by Crippen LogP contribution is -2.40. The minimum atomic E-state index is -3.60. The molecule has 1 aliphatic heterocycles.